The smallest absolute Gasteiger partial charge is 0.195 e. The highest BCUT2D eigenvalue weighted by Gasteiger charge is 2.00. The van der Waals surface area contributed by atoms with Crippen LogP contribution in [0.2, 0.25) is 0 Å². The fraction of sp³-hybridized carbons (Fsp3) is 0.250. The van der Waals surface area contributed by atoms with Gasteiger partial charge in [-0.3, -0.25) is 0 Å². The van der Waals surface area contributed by atoms with Crippen LogP contribution in [0.15, 0.2) is 17.0 Å². The number of halogens is 1. The van der Waals surface area contributed by atoms with Crippen LogP contribution < -0.4 is 5.32 Å². The van der Waals surface area contributed by atoms with Gasteiger partial charge in [0.1, 0.15) is 5.76 Å². The van der Waals surface area contributed by atoms with E-state index < -0.39 is 5.62 Å². The maximum Gasteiger partial charge on any atom is 0.195 e. The molecule has 1 aliphatic rings. The molecule has 1 aliphatic heterocycles. The topological polar surface area (TPSA) is 44.6 Å². The van der Waals surface area contributed by atoms with Crippen LogP contribution in [-0.4, -0.2) is 16.9 Å². The van der Waals surface area contributed by atoms with Gasteiger partial charge in [0.2, 0.25) is 0 Å². The van der Waals surface area contributed by atoms with E-state index in [-0.39, 0.29) is 5.76 Å². The second-order valence-corrected chi connectivity index (χ2v) is 1.76. The number of alkyl halides is 1. The number of allylic oxidation sites excluding steroid dienone is 1. The lowest BCUT2D eigenvalue weighted by atomic mass is 10.5. The third kappa shape index (κ3) is 1.13. The summed E-state index contributed by atoms with van der Waals surface area (Å²) in [7, 11) is 0. The molecule has 0 fully saturated rings. The van der Waals surface area contributed by atoms with Gasteiger partial charge in [0.05, 0.1) is 6.21 Å². The van der Waals surface area contributed by atoms with Crippen molar-refractivity contribution < 1.29 is 5.11 Å². The molecule has 0 aromatic heterocycles. The van der Waals surface area contributed by atoms with E-state index in [4.69, 9.17) is 16.7 Å². The third-order valence-corrected chi connectivity index (χ3v) is 0.945. The normalized spacial score (nSPS) is 26.6. The van der Waals surface area contributed by atoms with Crippen molar-refractivity contribution in [1.82, 2.24) is 5.32 Å². The molecule has 1 heterocycles. The number of hydrogen-bond donors (Lipinski definition) is 2. The molecule has 0 amide bonds. The van der Waals surface area contributed by atoms with Crippen molar-refractivity contribution in [1.29, 1.82) is 0 Å². The maximum absolute atomic E-state index is 8.62. The summed E-state index contributed by atoms with van der Waals surface area (Å²) in [5.41, 5.74) is -0.425. The number of rotatable bonds is 0. The lowest BCUT2D eigenvalue weighted by Gasteiger charge is -2.07. The fourth-order valence-electron chi connectivity index (χ4n) is 0.376. The van der Waals surface area contributed by atoms with E-state index in [2.05, 4.69) is 10.3 Å². The van der Waals surface area contributed by atoms with Crippen LogP contribution in [0.4, 0.5) is 0 Å². The highest BCUT2D eigenvalue weighted by Crippen LogP contribution is 1.97. The van der Waals surface area contributed by atoms with Crippen molar-refractivity contribution in [2.24, 2.45) is 4.99 Å². The number of aliphatic imine (C=N–C) groups is 1. The first-order valence-corrected chi connectivity index (χ1v) is 2.55. The SMILES string of the molecule is OC1=CNC(Cl)N=C1. The molecule has 0 aromatic rings. The fourth-order valence-corrected chi connectivity index (χ4v) is 0.496. The van der Waals surface area contributed by atoms with E-state index in [1.807, 2.05) is 0 Å². The Balaban J connectivity index is 2.58. The first-order valence-electron chi connectivity index (χ1n) is 2.11. The van der Waals surface area contributed by atoms with Gasteiger partial charge >= 0.3 is 0 Å². The summed E-state index contributed by atoms with van der Waals surface area (Å²) in [6, 6.07) is 0. The average Bonchev–Trinajstić information content (AvgIpc) is 1.77. The van der Waals surface area contributed by atoms with Crippen LogP contribution in [0.5, 0.6) is 0 Å². The largest absolute Gasteiger partial charge is 0.505 e. The average molecular weight is 133 g/mol. The summed E-state index contributed by atoms with van der Waals surface area (Å²) >= 11 is 5.42. The Kier molecular flexibility index (Phi) is 1.39. The zero-order chi connectivity index (χ0) is 5.98. The van der Waals surface area contributed by atoms with Crippen molar-refractivity contribution in [2.75, 3.05) is 0 Å². The number of aliphatic hydroxyl groups is 1. The van der Waals surface area contributed by atoms with E-state index in [0.29, 0.717) is 0 Å². The highest BCUT2D eigenvalue weighted by molar-refractivity contribution is 6.20. The van der Waals surface area contributed by atoms with Crippen LogP contribution in [0.1, 0.15) is 0 Å². The molecular formula is C4H5ClN2O. The number of nitrogens with zero attached hydrogens (tertiary/aromatic N) is 1. The second-order valence-electron chi connectivity index (χ2n) is 1.35. The van der Waals surface area contributed by atoms with Crippen molar-refractivity contribution in [3.8, 4) is 0 Å². The maximum atomic E-state index is 8.62. The van der Waals surface area contributed by atoms with Crippen LogP contribution in [0.25, 0.3) is 0 Å². The molecular weight excluding hydrogens is 128 g/mol. The van der Waals surface area contributed by atoms with Gasteiger partial charge in [-0.25, -0.2) is 4.99 Å². The van der Waals surface area contributed by atoms with Crippen molar-refractivity contribution in [3.63, 3.8) is 0 Å². The van der Waals surface area contributed by atoms with Crippen molar-refractivity contribution in [2.45, 2.75) is 5.62 Å². The van der Waals surface area contributed by atoms with E-state index in [1.54, 1.807) is 0 Å². The molecule has 2 N–H and O–H groups in total. The predicted octanol–water partition coefficient (Wildman–Crippen LogP) is 0.582. The minimum atomic E-state index is -0.425. The van der Waals surface area contributed by atoms with Crippen LogP contribution in [-0.2, 0) is 0 Å². The predicted molar refractivity (Wildman–Crippen MR) is 32.0 cm³/mol. The van der Waals surface area contributed by atoms with Crippen LogP contribution in [0.3, 0.4) is 0 Å². The Morgan fingerprint density at radius 2 is 2.62 bits per heavy atom. The van der Waals surface area contributed by atoms with Gasteiger partial charge in [0.25, 0.3) is 0 Å². The quantitative estimate of drug-likeness (QED) is 0.374. The van der Waals surface area contributed by atoms with Crippen LogP contribution in [0, 0.1) is 0 Å². The Morgan fingerprint density at radius 1 is 1.88 bits per heavy atom. The summed E-state index contributed by atoms with van der Waals surface area (Å²) < 4.78 is 0. The van der Waals surface area contributed by atoms with Gasteiger partial charge in [0, 0.05) is 6.20 Å². The number of hydrogen-bond acceptors (Lipinski definition) is 3. The molecule has 0 spiro atoms. The Hall–Kier alpha value is -0.700. The van der Waals surface area contributed by atoms with Crippen molar-refractivity contribution >= 4 is 17.8 Å². The molecule has 0 aliphatic carbocycles. The summed E-state index contributed by atoms with van der Waals surface area (Å²) in [4.78, 5) is 3.62. The summed E-state index contributed by atoms with van der Waals surface area (Å²) in [5, 5.41) is 11.2. The monoisotopic (exact) mass is 132 g/mol. The molecule has 3 nitrogen and oxygen atoms in total. The van der Waals surface area contributed by atoms with Gasteiger partial charge in [-0.05, 0) is 0 Å². The van der Waals surface area contributed by atoms with Gasteiger partial charge in [-0.1, -0.05) is 11.6 Å². The Morgan fingerprint density at radius 3 is 3.00 bits per heavy atom. The lowest BCUT2D eigenvalue weighted by Crippen LogP contribution is -2.19. The standard InChI is InChI=1S/C4H5ClN2O/c5-4-6-1-3(8)2-7-4/h1-2,4,6,8H. The Labute approximate surface area is 51.7 Å². The minimum absolute atomic E-state index is 0.0990. The highest BCUT2D eigenvalue weighted by atomic mass is 35.5. The third-order valence-electron chi connectivity index (χ3n) is 0.706. The van der Waals surface area contributed by atoms with E-state index in [0.717, 1.165) is 0 Å². The molecule has 0 radical (unpaired) electrons. The molecule has 1 unspecified atom stereocenters. The zero-order valence-corrected chi connectivity index (χ0v) is 4.76. The van der Waals surface area contributed by atoms with E-state index in [9.17, 15) is 0 Å². The lowest BCUT2D eigenvalue weighted by molar-refractivity contribution is 0.436. The second kappa shape index (κ2) is 2.05. The van der Waals surface area contributed by atoms with E-state index in [1.165, 1.54) is 12.4 Å². The molecule has 44 valence electrons. The van der Waals surface area contributed by atoms with Crippen molar-refractivity contribution in [3.05, 3.63) is 12.0 Å². The molecule has 1 rings (SSSR count). The zero-order valence-electron chi connectivity index (χ0n) is 4.00. The van der Waals surface area contributed by atoms with Gasteiger partial charge in [-0.15, -0.1) is 0 Å². The molecule has 0 bridgehead atoms. The molecule has 1 atom stereocenters. The first kappa shape index (κ1) is 5.44. The number of aliphatic hydroxyl groups excluding tert-OH is 1. The van der Waals surface area contributed by atoms with Gasteiger partial charge in [-0.2, -0.15) is 0 Å². The van der Waals surface area contributed by atoms with E-state index >= 15 is 0 Å². The van der Waals surface area contributed by atoms with Crippen LogP contribution >= 0.6 is 11.6 Å². The molecule has 0 aromatic carbocycles. The molecule has 0 saturated heterocycles. The molecule has 8 heavy (non-hydrogen) atoms. The summed E-state index contributed by atoms with van der Waals surface area (Å²) in [6.45, 7) is 0. The molecule has 4 heteroatoms. The molecule has 0 saturated carbocycles. The van der Waals surface area contributed by atoms with Gasteiger partial charge in [0.15, 0.2) is 5.62 Å². The first-order chi connectivity index (χ1) is 3.79. The summed E-state index contributed by atoms with van der Waals surface area (Å²) in [5.74, 6) is 0.0990. The summed E-state index contributed by atoms with van der Waals surface area (Å²) in [6.07, 6.45) is 2.69. The minimum Gasteiger partial charge on any atom is -0.505 e. The van der Waals surface area contributed by atoms with Gasteiger partial charge < -0.3 is 10.4 Å². The Bertz CT molecular complexity index is 143. The number of nitrogens with one attached hydrogen (secondary N) is 1.